The molecule has 0 aromatic heterocycles. The first-order chi connectivity index (χ1) is 8.54. The summed E-state index contributed by atoms with van der Waals surface area (Å²) in [5.74, 6) is 0.185. The minimum atomic E-state index is -3.64. The molecule has 1 amide bonds. The van der Waals surface area contributed by atoms with Gasteiger partial charge in [0.05, 0.1) is 18.6 Å². The average Bonchev–Trinajstić information content (AvgIpc) is 2.39. The topological polar surface area (TPSA) is 75.7 Å². The molecule has 1 fully saturated rings. The standard InChI is InChI=1S/C11H14N2O4S/c1-17-9-3-2-4-10(7-9)18(15,16)13-6-5-12-11(14)8-13/h2-4,7H,5-6,8H2,1H3,(H,12,14). The van der Waals surface area contributed by atoms with Crippen LogP contribution in [0.15, 0.2) is 29.2 Å². The second-order valence-electron chi connectivity index (χ2n) is 3.87. The van der Waals surface area contributed by atoms with E-state index in [1.54, 1.807) is 12.1 Å². The lowest BCUT2D eigenvalue weighted by atomic mass is 10.3. The smallest absolute Gasteiger partial charge is 0.243 e. The maximum Gasteiger partial charge on any atom is 0.243 e. The highest BCUT2D eigenvalue weighted by atomic mass is 32.2. The van der Waals surface area contributed by atoms with E-state index in [1.807, 2.05) is 0 Å². The Hall–Kier alpha value is -1.60. The quantitative estimate of drug-likeness (QED) is 0.826. The molecule has 0 radical (unpaired) electrons. The number of methoxy groups -OCH3 is 1. The van der Waals surface area contributed by atoms with Crippen LogP contribution < -0.4 is 10.1 Å². The molecule has 0 saturated carbocycles. The van der Waals surface area contributed by atoms with Crippen LogP contribution in [0, 0.1) is 0 Å². The van der Waals surface area contributed by atoms with Gasteiger partial charge in [0.15, 0.2) is 0 Å². The lowest BCUT2D eigenvalue weighted by molar-refractivity contribution is -0.122. The lowest BCUT2D eigenvalue weighted by Gasteiger charge is -2.25. The molecule has 6 nitrogen and oxygen atoms in total. The summed E-state index contributed by atoms with van der Waals surface area (Å²) in [6.45, 7) is 0.479. The number of benzene rings is 1. The van der Waals surface area contributed by atoms with Crippen molar-refractivity contribution in [1.29, 1.82) is 0 Å². The van der Waals surface area contributed by atoms with Crippen LogP contribution >= 0.6 is 0 Å². The number of hydrogen-bond acceptors (Lipinski definition) is 4. The Morgan fingerprint density at radius 2 is 2.17 bits per heavy atom. The van der Waals surface area contributed by atoms with Gasteiger partial charge < -0.3 is 10.1 Å². The van der Waals surface area contributed by atoms with E-state index in [-0.39, 0.29) is 23.9 Å². The van der Waals surface area contributed by atoms with Crippen molar-refractivity contribution in [3.05, 3.63) is 24.3 Å². The summed E-state index contributed by atoms with van der Waals surface area (Å²) in [5, 5.41) is 2.59. The van der Waals surface area contributed by atoms with Crippen LogP contribution in [0.1, 0.15) is 0 Å². The van der Waals surface area contributed by atoms with E-state index >= 15 is 0 Å². The van der Waals surface area contributed by atoms with E-state index in [1.165, 1.54) is 23.5 Å². The average molecular weight is 270 g/mol. The summed E-state index contributed by atoms with van der Waals surface area (Å²) in [7, 11) is -2.16. The van der Waals surface area contributed by atoms with Crippen molar-refractivity contribution in [3.8, 4) is 5.75 Å². The van der Waals surface area contributed by atoms with E-state index < -0.39 is 10.0 Å². The monoisotopic (exact) mass is 270 g/mol. The number of sulfonamides is 1. The van der Waals surface area contributed by atoms with Crippen LogP contribution in [0.25, 0.3) is 0 Å². The Balaban J connectivity index is 2.32. The van der Waals surface area contributed by atoms with Crippen LogP contribution in [-0.4, -0.2) is 45.4 Å². The number of amides is 1. The number of hydrogen-bond donors (Lipinski definition) is 1. The molecule has 0 atom stereocenters. The number of carbonyl (C=O) groups excluding carboxylic acids is 1. The molecule has 2 rings (SSSR count). The second-order valence-corrected chi connectivity index (χ2v) is 5.81. The largest absolute Gasteiger partial charge is 0.497 e. The predicted molar refractivity (Wildman–Crippen MR) is 64.8 cm³/mol. The molecule has 1 aromatic rings. The highest BCUT2D eigenvalue weighted by Gasteiger charge is 2.29. The van der Waals surface area contributed by atoms with Gasteiger partial charge in [-0.15, -0.1) is 0 Å². The zero-order valence-electron chi connectivity index (χ0n) is 9.92. The summed E-state index contributed by atoms with van der Waals surface area (Å²) in [6, 6.07) is 6.21. The van der Waals surface area contributed by atoms with Gasteiger partial charge in [-0.25, -0.2) is 8.42 Å². The van der Waals surface area contributed by atoms with Gasteiger partial charge in [-0.05, 0) is 12.1 Å². The first-order valence-electron chi connectivity index (χ1n) is 5.45. The molecule has 1 aliphatic heterocycles. The molecule has 0 aliphatic carbocycles. The molecular formula is C11H14N2O4S. The molecule has 0 bridgehead atoms. The van der Waals surface area contributed by atoms with Crippen LogP contribution in [0.2, 0.25) is 0 Å². The fourth-order valence-corrected chi connectivity index (χ4v) is 3.16. The van der Waals surface area contributed by atoms with Gasteiger partial charge in [0.25, 0.3) is 0 Å². The normalized spacial score (nSPS) is 17.3. The van der Waals surface area contributed by atoms with Gasteiger partial charge in [-0.3, -0.25) is 4.79 Å². The zero-order chi connectivity index (χ0) is 13.2. The third-order valence-electron chi connectivity index (χ3n) is 2.68. The molecule has 1 heterocycles. The third kappa shape index (κ3) is 2.46. The number of carbonyl (C=O) groups is 1. The predicted octanol–water partition coefficient (Wildman–Crippen LogP) is -0.184. The van der Waals surface area contributed by atoms with Gasteiger partial charge >= 0.3 is 0 Å². The van der Waals surface area contributed by atoms with Gasteiger partial charge in [0.1, 0.15) is 5.75 Å². The number of piperazine rings is 1. The molecule has 18 heavy (non-hydrogen) atoms. The molecule has 1 aliphatic rings. The highest BCUT2D eigenvalue weighted by Crippen LogP contribution is 2.21. The minimum absolute atomic E-state index is 0.136. The van der Waals surface area contributed by atoms with Crippen LogP contribution in [0.4, 0.5) is 0 Å². The number of rotatable bonds is 3. The van der Waals surface area contributed by atoms with Crippen molar-refractivity contribution in [2.75, 3.05) is 26.7 Å². The van der Waals surface area contributed by atoms with Gasteiger partial charge in [0, 0.05) is 19.2 Å². The Morgan fingerprint density at radius 3 is 2.83 bits per heavy atom. The van der Waals surface area contributed by atoms with Crippen molar-refractivity contribution < 1.29 is 17.9 Å². The van der Waals surface area contributed by atoms with Gasteiger partial charge in [-0.1, -0.05) is 6.07 Å². The molecule has 1 saturated heterocycles. The molecule has 7 heteroatoms. The van der Waals surface area contributed by atoms with E-state index in [0.717, 1.165) is 0 Å². The fraction of sp³-hybridized carbons (Fsp3) is 0.364. The van der Waals surface area contributed by atoms with Crippen molar-refractivity contribution in [2.24, 2.45) is 0 Å². The Bertz CT molecular complexity index is 556. The molecule has 0 unspecified atom stereocenters. The molecule has 1 aromatic carbocycles. The first-order valence-corrected chi connectivity index (χ1v) is 6.89. The van der Waals surface area contributed by atoms with E-state index in [2.05, 4.69) is 5.32 Å². The van der Waals surface area contributed by atoms with E-state index in [4.69, 9.17) is 4.74 Å². The lowest BCUT2D eigenvalue weighted by Crippen LogP contribution is -2.49. The number of ether oxygens (including phenoxy) is 1. The number of nitrogens with zero attached hydrogens (tertiary/aromatic N) is 1. The Kier molecular flexibility index (Phi) is 3.53. The maximum atomic E-state index is 12.3. The first kappa shape index (κ1) is 12.8. The summed E-state index contributed by atoms with van der Waals surface area (Å²) < 4.78 is 30.7. The maximum absolute atomic E-state index is 12.3. The second kappa shape index (κ2) is 4.95. The van der Waals surface area contributed by atoms with E-state index in [0.29, 0.717) is 12.3 Å². The van der Waals surface area contributed by atoms with Crippen molar-refractivity contribution in [2.45, 2.75) is 4.90 Å². The fourth-order valence-electron chi connectivity index (χ4n) is 1.73. The van der Waals surface area contributed by atoms with Crippen LogP contribution in [-0.2, 0) is 14.8 Å². The number of nitrogens with one attached hydrogen (secondary N) is 1. The minimum Gasteiger partial charge on any atom is -0.497 e. The summed E-state index contributed by atoms with van der Waals surface area (Å²) in [6.07, 6.45) is 0. The van der Waals surface area contributed by atoms with Crippen LogP contribution in [0.3, 0.4) is 0 Å². The molecule has 1 N–H and O–H groups in total. The van der Waals surface area contributed by atoms with Crippen LogP contribution in [0.5, 0.6) is 5.75 Å². The molecule has 98 valence electrons. The van der Waals surface area contributed by atoms with E-state index in [9.17, 15) is 13.2 Å². The molecule has 0 spiro atoms. The zero-order valence-corrected chi connectivity index (χ0v) is 10.7. The Labute approximate surface area is 106 Å². The van der Waals surface area contributed by atoms with Crippen molar-refractivity contribution in [1.82, 2.24) is 9.62 Å². The third-order valence-corrected chi connectivity index (χ3v) is 4.52. The summed E-state index contributed by atoms with van der Waals surface area (Å²) >= 11 is 0. The summed E-state index contributed by atoms with van der Waals surface area (Å²) in [5.41, 5.74) is 0. The highest BCUT2D eigenvalue weighted by molar-refractivity contribution is 7.89. The summed E-state index contributed by atoms with van der Waals surface area (Å²) in [4.78, 5) is 11.4. The van der Waals surface area contributed by atoms with Gasteiger partial charge in [0.2, 0.25) is 15.9 Å². The van der Waals surface area contributed by atoms with Crippen molar-refractivity contribution in [3.63, 3.8) is 0 Å². The van der Waals surface area contributed by atoms with Crippen molar-refractivity contribution >= 4 is 15.9 Å². The van der Waals surface area contributed by atoms with Gasteiger partial charge in [-0.2, -0.15) is 4.31 Å². The molecular weight excluding hydrogens is 256 g/mol. The Morgan fingerprint density at radius 1 is 1.39 bits per heavy atom. The SMILES string of the molecule is COc1cccc(S(=O)(=O)N2CCNC(=O)C2)c1.